The molecule has 0 aromatic heterocycles. The van der Waals surface area contributed by atoms with Crippen molar-refractivity contribution in [2.45, 2.75) is 25.9 Å². The summed E-state index contributed by atoms with van der Waals surface area (Å²) in [6.45, 7) is 4.02. The molecule has 1 aliphatic heterocycles. The summed E-state index contributed by atoms with van der Waals surface area (Å²) in [5.74, 6) is -1.31. The van der Waals surface area contributed by atoms with Gasteiger partial charge in [-0.15, -0.1) is 0 Å². The summed E-state index contributed by atoms with van der Waals surface area (Å²) in [5, 5.41) is 0. The van der Waals surface area contributed by atoms with E-state index in [9.17, 15) is 8.78 Å². The number of nitrogen functional groups attached to an aromatic ring is 1. The van der Waals surface area contributed by atoms with E-state index in [1.807, 2.05) is 11.8 Å². The maximum absolute atomic E-state index is 13.5. The molecule has 100 valence electrons. The van der Waals surface area contributed by atoms with Gasteiger partial charge in [0.1, 0.15) is 5.82 Å². The number of halogens is 2. The summed E-state index contributed by atoms with van der Waals surface area (Å²) >= 11 is 0. The topological polar surface area (TPSA) is 38.5 Å². The first kappa shape index (κ1) is 13.1. The fraction of sp³-hybridized carbons (Fsp3) is 0.538. The largest absolute Gasteiger partial charge is 0.395 e. The van der Waals surface area contributed by atoms with Crippen molar-refractivity contribution in [3.05, 3.63) is 23.8 Å². The smallest absolute Gasteiger partial charge is 0.151 e. The summed E-state index contributed by atoms with van der Waals surface area (Å²) in [7, 11) is 0. The molecule has 1 heterocycles. The molecule has 5 heteroatoms. The molecule has 2 N–H and O–H groups in total. The average molecular weight is 256 g/mol. The standard InChI is InChI=1S/C13H18F2N2O/c1-2-10-8-17(4-3-5-18-10)12-7-9(14)6-11(15)13(12)16/h6-7,10H,2-5,8,16H2,1H3. The lowest BCUT2D eigenvalue weighted by molar-refractivity contribution is 0.0664. The molecule has 3 nitrogen and oxygen atoms in total. The van der Waals surface area contributed by atoms with Gasteiger partial charge in [-0.2, -0.15) is 0 Å². The van der Waals surface area contributed by atoms with Crippen LogP contribution >= 0.6 is 0 Å². The zero-order valence-corrected chi connectivity index (χ0v) is 10.5. The van der Waals surface area contributed by atoms with E-state index >= 15 is 0 Å². The molecule has 1 aromatic carbocycles. The van der Waals surface area contributed by atoms with Crippen molar-refractivity contribution >= 4 is 11.4 Å². The second kappa shape index (κ2) is 5.52. The van der Waals surface area contributed by atoms with Gasteiger partial charge >= 0.3 is 0 Å². The molecule has 0 saturated carbocycles. The summed E-state index contributed by atoms with van der Waals surface area (Å²) in [4.78, 5) is 1.91. The van der Waals surface area contributed by atoms with Gasteiger partial charge in [-0.3, -0.25) is 0 Å². The van der Waals surface area contributed by atoms with Crippen molar-refractivity contribution in [1.82, 2.24) is 0 Å². The molecule has 0 radical (unpaired) electrons. The second-order valence-corrected chi connectivity index (χ2v) is 4.52. The van der Waals surface area contributed by atoms with E-state index in [1.165, 1.54) is 6.07 Å². The number of hydrogen-bond acceptors (Lipinski definition) is 3. The first-order valence-electron chi connectivity index (χ1n) is 6.23. The summed E-state index contributed by atoms with van der Waals surface area (Å²) in [6, 6.07) is 2.10. The number of rotatable bonds is 2. The number of hydrogen-bond donors (Lipinski definition) is 1. The molecule has 0 spiro atoms. The van der Waals surface area contributed by atoms with Gasteiger partial charge in [-0.25, -0.2) is 8.78 Å². The highest BCUT2D eigenvalue weighted by atomic mass is 19.1. The molecule has 0 amide bonds. The van der Waals surface area contributed by atoms with Gasteiger partial charge in [-0.1, -0.05) is 6.92 Å². The first-order valence-corrected chi connectivity index (χ1v) is 6.23. The van der Waals surface area contributed by atoms with Crippen molar-refractivity contribution in [3.63, 3.8) is 0 Å². The van der Waals surface area contributed by atoms with Crippen LogP contribution in [0.2, 0.25) is 0 Å². The van der Waals surface area contributed by atoms with Crippen molar-refractivity contribution < 1.29 is 13.5 Å². The monoisotopic (exact) mass is 256 g/mol. The lowest BCUT2D eigenvalue weighted by Crippen LogP contribution is -2.32. The Morgan fingerprint density at radius 1 is 1.44 bits per heavy atom. The van der Waals surface area contributed by atoms with Crippen LogP contribution < -0.4 is 10.6 Å². The van der Waals surface area contributed by atoms with Crippen LogP contribution in [0, 0.1) is 11.6 Å². The molecule has 1 unspecified atom stereocenters. The SMILES string of the molecule is CCC1CN(c2cc(F)cc(F)c2N)CCCO1. The minimum atomic E-state index is -0.705. The maximum Gasteiger partial charge on any atom is 0.151 e. The first-order chi connectivity index (χ1) is 8.61. The molecule has 1 fully saturated rings. The van der Waals surface area contributed by atoms with E-state index in [4.69, 9.17) is 10.5 Å². The summed E-state index contributed by atoms with van der Waals surface area (Å²) in [5.41, 5.74) is 6.13. The van der Waals surface area contributed by atoms with E-state index < -0.39 is 11.6 Å². The van der Waals surface area contributed by atoms with Gasteiger partial charge in [0.15, 0.2) is 5.82 Å². The van der Waals surface area contributed by atoms with Crippen LogP contribution in [-0.4, -0.2) is 25.8 Å². The quantitative estimate of drug-likeness (QED) is 0.826. The average Bonchev–Trinajstić information content (AvgIpc) is 2.59. The number of nitrogens with two attached hydrogens (primary N) is 1. The minimum Gasteiger partial charge on any atom is -0.395 e. The van der Waals surface area contributed by atoms with Crippen LogP contribution in [-0.2, 0) is 4.74 Å². The molecular formula is C13H18F2N2O. The Hall–Kier alpha value is -1.36. The third kappa shape index (κ3) is 2.72. The Morgan fingerprint density at radius 2 is 2.22 bits per heavy atom. The van der Waals surface area contributed by atoms with E-state index in [0.29, 0.717) is 25.4 Å². The van der Waals surface area contributed by atoms with E-state index in [2.05, 4.69) is 0 Å². The Morgan fingerprint density at radius 3 is 2.94 bits per heavy atom. The zero-order chi connectivity index (χ0) is 13.1. The van der Waals surface area contributed by atoms with Crippen molar-refractivity contribution in [2.24, 2.45) is 0 Å². The third-order valence-corrected chi connectivity index (χ3v) is 3.22. The third-order valence-electron chi connectivity index (χ3n) is 3.22. The second-order valence-electron chi connectivity index (χ2n) is 4.52. The van der Waals surface area contributed by atoms with E-state index in [1.54, 1.807) is 0 Å². The molecule has 1 atom stereocenters. The van der Waals surface area contributed by atoms with Gasteiger partial charge < -0.3 is 15.4 Å². The molecule has 1 saturated heterocycles. The molecule has 1 aliphatic rings. The molecule has 18 heavy (non-hydrogen) atoms. The van der Waals surface area contributed by atoms with Crippen LogP contribution in [0.3, 0.4) is 0 Å². The van der Waals surface area contributed by atoms with Gasteiger partial charge in [0, 0.05) is 25.8 Å². The lowest BCUT2D eigenvalue weighted by Gasteiger charge is -2.26. The summed E-state index contributed by atoms with van der Waals surface area (Å²) in [6.07, 6.45) is 1.78. The van der Waals surface area contributed by atoms with Crippen molar-refractivity contribution in [3.8, 4) is 0 Å². The van der Waals surface area contributed by atoms with Gasteiger partial charge in [0.25, 0.3) is 0 Å². The fourth-order valence-corrected chi connectivity index (χ4v) is 2.19. The van der Waals surface area contributed by atoms with E-state index in [-0.39, 0.29) is 11.8 Å². The normalized spacial score (nSPS) is 20.8. The van der Waals surface area contributed by atoms with Gasteiger partial charge in [0.2, 0.25) is 0 Å². The molecule has 0 bridgehead atoms. The van der Waals surface area contributed by atoms with Gasteiger partial charge in [0.05, 0.1) is 17.5 Å². The molecule has 2 rings (SSSR count). The number of benzene rings is 1. The van der Waals surface area contributed by atoms with Crippen LogP contribution in [0.25, 0.3) is 0 Å². The Bertz CT molecular complexity index is 426. The summed E-state index contributed by atoms with van der Waals surface area (Å²) < 4.78 is 32.4. The Kier molecular flexibility index (Phi) is 4.01. The number of ether oxygens (including phenoxy) is 1. The predicted octanol–water partition coefficient (Wildman–Crippen LogP) is 2.55. The number of nitrogens with zero attached hydrogens (tertiary/aromatic N) is 1. The number of anilines is 2. The van der Waals surface area contributed by atoms with Gasteiger partial charge in [-0.05, 0) is 18.9 Å². The predicted molar refractivity (Wildman–Crippen MR) is 67.6 cm³/mol. The Balaban J connectivity index is 2.29. The molecular weight excluding hydrogens is 238 g/mol. The highest BCUT2D eigenvalue weighted by molar-refractivity contribution is 5.68. The zero-order valence-electron chi connectivity index (χ0n) is 10.5. The lowest BCUT2D eigenvalue weighted by atomic mass is 10.2. The molecule has 0 aliphatic carbocycles. The molecule has 1 aromatic rings. The maximum atomic E-state index is 13.5. The highest BCUT2D eigenvalue weighted by Gasteiger charge is 2.21. The van der Waals surface area contributed by atoms with Crippen LogP contribution in [0.4, 0.5) is 20.2 Å². The van der Waals surface area contributed by atoms with Crippen LogP contribution in [0.5, 0.6) is 0 Å². The highest BCUT2D eigenvalue weighted by Crippen LogP contribution is 2.28. The fourth-order valence-electron chi connectivity index (χ4n) is 2.19. The van der Waals surface area contributed by atoms with Crippen LogP contribution in [0.15, 0.2) is 12.1 Å². The van der Waals surface area contributed by atoms with Crippen molar-refractivity contribution in [1.29, 1.82) is 0 Å². The van der Waals surface area contributed by atoms with E-state index in [0.717, 1.165) is 18.9 Å². The van der Waals surface area contributed by atoms with Crippen molar-refractivity contribution in [2.75, 3.05) is 30.3 Å². The Labute approximate surface area is 106 Å². The van der Waals surface area contributed by atoms with Crippen LogP contribution in [0.1, 0.15) is 19.8 Å². The minimum absolute atomic E-state index is 0.00755.